The number of phenols is 1. The molecule has 1 fully saturated rings. The number of aromatic hydroxyl groups is 1. The first-order valence-electron chi connectivity index (χ1n) is 12.5. The molecular formula is C28H41N3O3S. The van der Waals surface area contributed by atoms with E-state index >= 15 is 0 Å². The van der Waals surface area contributed by atoms with Crippen molar-refractivity contribution in [1.29, 1.82) is 0 Å². The number of hydrogen-bond donors (Lipinski definition) is 1. The average Bonchev–Trinajstić information content (AvgIpc) is 2.77. The summed E-state index contributed by atoms with van der Waals surface area (Å²) in [5.74, 6) is 0.224. The van der Waals surface area contributed by atoms with Crippen molar-refractivity contribution >= 4 is 10.0 Å². The highest BCUT2D eigenvalue weighted by atomic mass is 32.2. The molecule has 0 unspecified atom stereocenters. The minimum Gasteiger partial charge on any atom is -0.508 e. The second kappa shape index (κ2) is 11.2. The topological polar surface area (TPSA) is 64.1 Å². The largest absolute Gasteiger partial charge is 0.508 e. The molecule has 0 spiro atoms. The molecule has 192 valence electrons. The van der Waals surface area contributed by atoms with Crippen LogP contribution in [0.4, 0.5) is 0 Å². The van der Waals surface area contributed by atoms with Gasteiger partial charge in [-0.1, -0.05) is 30.3 Å². The van der Waals surface area contributed by atoms with Gasteiger partial charge in [-0.3, -0.25) is 9.80 Å². The van der Waals surface area contributed by atoms with Crippen LogP contribution in [0.2, 0.25) is 0 Å². The number of rotatable bonds is 9. The monoisotopic (exact) mass is 499 g/mol. The van der Waals surface area contributed by atoms with Crippen LogP contribution < -0.4 is 0 Å². The van der Waals surface area contributed by atoms with Gasteiger partial charge < -0.3 is 5.11 Å². The Labute approximate surface area is 211 Å². The van der Waals surface area contributed by atoms with E-state index < -0.39 is 10.0 Å². The Morgan fingerprint density at radius 2 is 1.63 bits per heavy atom. The van der Waals surface area contributed by atoms with Gasteiger partial charge >= 0.3 is 0 Å². The molecule has 0 aromatic heterocycles. The lowest BCUT2D eigenvalue weighted by atomic mass is 9.93. The molecule has 0 aliphatic carbocycles. The summed E-state index contributed by atoms with van der Waals surface area (Å²) >= 11 is 0. The molecule has 0 radical (unpaired) electrons. The summed E-state index contributed by atoms with van der Waals surface area (Å²) in [7, 11) is -3.61. The Hall–Kier alpha value is -2.19. The van der Waals surface area contributed by atoms with Crippen molar-refractivity contribution in [1.82, 2.24) is 14.1 Å². The number of benzene rings is 2. The van der Waals surface area contributed by atoms with Gasteiger partial charge in [0.1, 0.15) is 5.75 Å². The van der Waals surface area contributed by atoms with E-state index in [-0.39, 0.29) is 29.9 Å². The molecule has 0 amide bonds. The lowest BCUT2D eigenvalue weighted by molar-refractivity contribution is 0.0306. The zero-order valence-electron chi connectivity index (χ0n) is 21.9. The first-order chi connectivity index (χ1) is 16.5. The zero-order chi connectivity index (χ0) is 25.9. The number of nitrogens with zero attached hydrogens (tertiary/aromatic N) is 3. The quantitative estimate of drug-likeness (QED) is 0.499. The SMILES string of the molecule is C=CCN1C[C@@H](C)N([C@H](c2ccc(S(=O)(=O)N(C(C)C)C(C)C)cc2)c2cccc(O)c2)C[C@@H]1C. The van der Waals surface area contributed by atoms with E-state index in [2.05, 4.69) is 30.2 Å². The van der Waals surface area contributed by atoms with Gasteiger partial charge in [0.25, 0.3) is 0 Å². The van der Waals surface area contributed by atoms with E-state index in [9.17, 15) is 13.5 Å². The van der Waals surface area contributed by atoms with E-state index in [0.717, 1.165) is 30.8 Å². The standard InChI is InChI=1S/C28H41N3O3S/c1-8-16-29-18-23(7)30(19-22(29)6)28(25-10-9-11-26(32)17-25)24-12-14-27(15-13-24)35(33,34)31(20(2)3)21(4)5/h8-15,17,20-23,28,32H,1,16,18-19H2,2-7H3/t22-,23+,28+/m0/s1. The smallest absolute Gasteiger partial charge is 0.243 e. The van der Waals surface area contributed by atoms with E-state index in [0.29, 0.717) is 10.9 Å². The lowest BCUT2D eigenvalue weighted by Crippen LogP contribution is -2.57. The molecule has 0 saturated carbocycles. The molecule has 1 heterocycles. The Bertz CT molecular complexity index is 1090. The van der Waals surface area contributed by atoms with Gasteiger partial charge in [0, 0.05) is 43.8 Å². The third-order valence-electron chi connectivity index (χ3n) is 6.83. The normalized spacial score (nSPS) is 21.1. The van der Waals surface area contributed by atoms with Crippen LogP contribution >= 0.6 is 0 Å². The molecule has 2 aromatic carbocycles. The van der Waals surface area contributed by atoms with Crippen molar-refractivity contribution in [3.8, 4) is 5.75 Å². The number of phenolic OH excluding ortho intramolecular Hbond substituents is 1. The van der Waals surface area contributed by atoms with E-state index in [1.165, 1.54) is 0 Å². The second-order valence-corrected chi connectivity index (χ2v) is 12.1. The second-order valence-electron chi connectivity index (χ2n) is 10.2. The van der Waals surface area contributed by atoms with Crippen molar-refractivity contribution < 1.29 is 13.5 Å². The van der Waals surface area contributed by atoms with Crippen LogP contribution in [0.15, 0.2) is 66.1 Å². The maximum Gasteiger partial charge on any atom is 0.243 e. The summed E-state index contributed by atoms with van der Waals surface area (Å²) in [5.41, 5.74) is 1.99. The van der Waals surface area contributed by atoms with Gasteiger partial charge in [-0.15, -0.1) is 6.58 Å². The summed E-state index contributed by atoms with van der Waals surface area (Å²) in [6.45, 7) is 18.6. The fourth-order valence-corrected chi connectivity index (χ4v) is 7.20. The van der Waals surface area contributed by atoms with Crippen LogP contribution in [0.1, 0.15) is 58.7 Å². The maximum atomic E-state index is 13.4. The van der Waals surface area contributed by atoms with E-state index in [4.69, 9.17) is 0 Å². The molecule has 1 aliphatic heterocycles. The Morgan fingerprint density at radius 1 is 1.00 bits per heavy atom. The summed E-state index contributed by atoms with van der Waals surface area (Å²) in [4.78, 5) is 5.18. The molecule has 2 aromatic rings. The lowest BCUT2D eigenvalue weighted by Gasteiger charge is -2.47. The number of piperazine rings is 1. The molecule has 1 saturated heterocycles. The summed E-state index contributed by atoms with van der Waals surface area (Å²) in [5, 5.41) is 10.2. The minimum atomic E-state index is -3.61. The molecule has 0 bridgehead atoms. The maximum absolute atomic E-state index is 13.4. The highest BCUT2D eigenvalue weighted by Gasteiger charge is 2.35. The van der Waals surface area contributed by atoms with Crippen molar-refractivity contribution in [2.75, 3.05) is 19.6 Å². The Morgan fingerprint density at radius 3 is 2.17 bits per heavy atom. The van der Waals surface area contributed by atoms with E-state index in [1.54, 1.807) is 22.5 Å². The summed E-state index contributed by atoms with van der Waals surface area (Å²) in [6, 6.07) is 14.9. The summed E-state index contributed by atoms with van der Waals surface area (Å²) < 4.78 is 28.3. The zero-order valence-corrected chi connectivity index (χ0v) is 22.7. The van der Waals surface area contributed by atoms with Crippen LogP contribution in [0, 0.1) is 0 Å². The molecule has 3 atom stereocenters. The first-order valence-corrected chi connectivity index (χ1v) is 13.9. The molecule has 1 aliphatic rings. The predicted molar refractivity (Wildman–Crippen MR) is 143 cm³/mol. The van der Waals surface area contributed by atoms with Crippen LogP contribution in [-0.4, -0.2) is 71.4 Å². The van der Waals surface area contributed by atoms with Gasteiger partial charge in [-0.2, -0.15) is 4.31 Å². The molecule has 7 heteroatoms. The fourth-order valence-electron chi connectivity index (χ4n) is 5.37. The van der Waals surface area contributed by atoms with Gasteiger partial charge in [0.05, 0.1) is 10.9 Å². The van der Waals surface area contributed by atoms with Gasteiger partial charge in [-0.25, -0.2) is 8.42 Å². The van der Waals surface area contributed by atoms with Crippen LogP contribution in [0.25, 0.3) is 0 Å². The molecular weight excluding hydrogens is 458 g/mol. The van der Waals surface area contributed by atoms with Gasteiger partial charge in [0.2, 0.25) is 10.0 Å². The van der Waals surface area contributed by atoms with Crippen LogP contribution in [0.5, 0.6) is 5.75 Å². The van der Waals surface area contributed by atoms with Crippen LogP contribution in [0.3, 0.4) is 0 Å². The molecule has 1 N–H and O–H groups in total. The summed E-state index contributed by atoms with van der Waals surface area (Å²) in [6.07, 6.45) is 1.95. The fraction of sp³-hybridized carbons (Fsp3) is 0.500. The van der Waals surface area contributed by atoms with Gasteiger partial charge in [0.15, 0.2) is 0 Å². The van der Waals surface area contributed by atoms with Crippen molar-refractivity contribution in [2.45, 2.75) is 76.6 Å². The first kappa shape index (κ1) is 27.4. The van der Waals surface area contributed by atoms with E-state index in [1.807, 2.05) is 64.1 Å². The Balaban J connectivity index is 2.02. The molecule has 35 heavy (non-hydrogen) atoms. The number of hydrogen-bond acceptors (Lipinski definition) is 5. The molecule has 6 nitrogen and oxygen atoms in total. The highest BCUT2D eigenvalue weighted by Crippen LogP contribution is 2.35. The van der Waals surface area contributed by atoms with Crippen LogP contribution in [-0.2, 0) is 10.0 Å². The van der Waals surface area contributed by atoms with Gasteiger partial charge in [-0.05, 0) is 76.9 Å². The Kier molecular flexibility index (Phi) is 8.81. The van der Waals surface area contributed by atoms with Crippen molar-refractivity contribution in [2.24, 2.45) is 0 Å². The average molecular weight is 500 g/mol. The third kappa shape index (κ3) is 5.97. The molecule has 3 rings (SSSR count). The van der Waals surface area contributed by atoms with Crippen molar-refractivity contribution in [3.05, 3.63) is 72.3 Å². The predicted octanol–water partition coefficient (Wildman–Crippen LogP) is 4.87. The third-order valence-corrected chi connectivity index (χ3v) is 9.10. The minimum absolute atomic E-state index is 0.103. The number of sulfonamides is 1. The van der Waals surface area contributed by atoms with Crippen molar-refractivity contribution in [3.63, 3.8) is 0 Å². The highest BCUT2D eigenvalue weighted by molar-refractivity contribution is 7.89.